The molecule has 14 heavy (non-hydrogen) atoms. The SMILES string of the molecule is CCC1(O)CCN(C(=O)C(=O)O)CC1. The summed E-state index contributed by atoms with van der Waals surface area (Å²) in [7, 11) is 0. The summed E-state index contributed by atoms with van der Waals surface area (Å²) in [5, 5.41) is 18.3. The molecule has 1 aliphatic rings. The minimum atomic E-state index is -1.42. The molecular formula is C9H15NO4. The van der Waals surface area contributed by atoms with Gasteiger partial charge in [0.25, 0.3) is 0 Å². The molecule has 1 rings (SSSR count). The van der Waals surface area contributed by atoms with Crippen molar-refractivity contribution < 1.29 is 19.8 Å². The van der Waals surface area contributed by atoms with Gasteiger partial charge in [-0.3, -0.25) is 4.79 Å². The lowest BCUT2D eigenvalue weighted by Gasteiger charge is -2.36. The summed E-state index contributed by atoms with van der Waals surface area (Å²) in [4.78, 5) is 22.7. The van der Waals surface area contributed by atoms with Crippen LogP contribution in [0.25, 0.3) is 0 Å². The molecule has 80 valence electrons. The van der Waals surface area contributed by atoms with Crippen LogP contribution in [0.5, 0.6) is 0 Å². The molecule has 0 spiro atoms. The number of rotatable bonds is 1. The van der Waals surface area contributed by atoms with Gasteiger partial charge in [0, 0.05) is 13.1 Å². The van der Waals surface area contributed by atoms with E-state index in [1.165, 1.54) is 4.90 Å². The molecule has 0 aromatic heterocycles. The first-order valence-electron chi connectivity index (χ1n) is 4.73. The normalized spacial score (nSPS) is 20.6. The Balaban J connectivity index is 2.51. The molecule has 0 unspecified atom stereocenters. The van der Waals surface area contributed by atoms with Crippen LogP contribution in [-0.4, -0.2) is 45.7 Å². The number of carboxylic acids is 1. The second kappa shape index (κ2) is 3.96. The lowest BCUT2D eigenvalue weighted by molar-refractivity contribution is -0.158. The number of likely N-dealkylation sites (tertiary alicyclic amines) is 1. The minimum Gasteiger partial charge on any atom is -0.474 e. The van der Waals surface area contributed by atoms with E-state index in [0.29, 0.717) is 32.4 Å². The Morgan fingerprint density at radius 2 is 1.86 bits per heavy atom. The highest BCUT2D eigenvalue weighted by molar-refractivity contribution is 6.31. The monoisotopic (exact) mass is 201 g/mol. The third-order valence-corrected chi connectivity index (χ3v) is 2.82. The Morgan fingerprint density at radius 3 is 2.21 bits per heavy atom. The van der Waals surface area contributed by atoms with Gasteiger partial charge in [0.1, 0.15) is 0 Å². The topological polar surface area (TPSA) is 77.8 Å². The summed E-state index contributed by atoms with van der Waals surface area (Å²) in [6, 6.07) is 0. The number of hydrogen-bond acceptors (Lipinski definition) is 3. The number of nitrogens with zero attached hydrogens (tertiary/aromatic N) is 1. The van der Waals surface area contributed by atoms with Crippen LogP contribution >= 0.6 is 0 Å². The lowest BCUT2D eigenvalue weighted by Crippen LogP contribution is -2.48. The summed E-state index contributed by atoms with van der Waals surface area (Å²) in [6.45, 7) is 2.54. The fourth-order valence-electron chi connectivity index (χ4n) is 1.61. The minimum absolute atomic E-state index is 0.329. The van der Waals surface area contributed by atoms with Crippen LogP contribution in [0.2, 0.25) is 0 Å². The maximum Gasteiger partial charge on any atom is 0.394 e. The van der Waals surface area contributed by atoms with Crippen molar-refractivity contribution in [2.45, 2.75) is 31.8 Å². The number of carbonyl (C=O) groups excluding carboxylic acids is 1. The molecule has 0 atom stereocenters. The molecule has 2 N–H and O–H groups in total. The number of hydrogen-bond donors (Lipinski definition) is 2. The number of carbonyl (C=O) groups is 2. The van der Waals surface area contributed by atoms with Gasteiger partial charge in [-0.25, -0.2) is 4.79 Å². The van der Waals surface area contributed by atoms with Gasteiger partial charge in [-0.15, -0.1) is 0 Å². The predicted octanol–water partition coefficient (Wildman–Crippen LogP) is -0.165. The number of carboxylic acid groups (broad SMARTS) is 1. The number of amides is 1. The van der Waals surface area contributed by atoms with Crippen molar-refractivity contribution in [1.29, 1.82) is 0 Å². The van der Waals surface area contributed by atoms with Crippen molar-refractivity contribution >= 4 is 11.9 Å². The molecule has 5 heteroatoms. The van der Waals surface area contributed by atoms with Crippen molar-refractivity contribution in [3.63, 3.8) is 0 Å². The highest BCUT2D eigenvalue weighted by Crippen LogP contribution is 2.24. The summed E-state index contributed by atoms with van der Waals surface area (Å²) in [5.74, 6) is -2.30. The van der Waals surface area contributed by atoms with Gasteiger partial charge in [0.15, 0.2) is 0 Å². The van der Waals surface area contributed by atoms with E-state index < -0.39 is 17.5 Å². The molecule has 1 amide bonds. The van der Waals surface area contributed by atoms with Crippen LogP contribution in [0.4, 0.5) is 0 Å². The van der Waals surface area contributed by atoms with E-state index >= 15 is 0 Å². The van der Waals surface area contributed by atoms with E-state index in [2.05, 4.69) is 0 Å². The zero-order valence-electron chi connectivity index (χ0n) is 8.19. The van der Waals surface area contributed by atoms with Gasteiger partial charge in [0.05, 0.1) is 5.60 Å². The average molecular weight is 201 g/mol. The van der Waals surface area contributed by atoms with Crippen LogP contribution in [0.15, 0.2) is 0 Å². The fourth-order valence-corrected chi connectivity index (χ4v) is 1.61. The highest BCUT2D eigenvalue weighted by Gasteiger charge is 2.33. The molecule has 0 saturated carbocycles. The number of aliphatic carboxylic acids is 1. The van der Waals surface area contributed by atoms with Gasteiger partial charge >= 0.3 is 11.9 Å². The quantitative estimate of drug-likeness (QED) is 0.577. The van der Waals surface area contributed by atoms with E-state index in [4.69, 9.17) is 5.11 Å². The van der Waals surface area contributed by atoms with Gasteiger partial charge in [-0.1, -0.05) is 6.92 Å². The first kappa shape index (κ1) is 11.0. The fraction of sp³-hybridized carbons (Fsp3) is 0.778. The molecule has 5 nitrogen and oxygen atoms in total. The highest BCUT2D eigenvalue weighted by atomic mass is 16.4. The second-order valence-corrected chi connectivity index (χ2v) is 3.68. The first-order chi connectivity index (χ1) is 6.48. The smallest absolute Gasteiger partial charge is 0.394 e. The Labute approximate surface area is 82.3 Å². The second-order valence-electron chi connectivity index (χ2n) is 3.68. The third-order valence-electron chi connectivity index (χ3n) is 2.82. The van der Waals surface area contributed by atoms with E-state index in [-0.39, 0.29) is 0 Å². The van der Waals surface area contributed by atoms with Gasteiger partial charge in [-0.2, -0.15) is 0 Å². The molecular weight excluding hydrogens is 186 g/mol. The molecule has 1 aliphatic heterocycles. The molecule has 0 aromatic carbocycles. The average Bonchev–Trinajstić information content (AvgIpc) is 2.18. The van der Waals surface area contributed by atoms with Crippen molar-refractivity contribution in [1.82, 2.24) is 4.90 Å². The Kier molecular flexibility index (Phi) is 3.10. The summed E-state index contributed by atoms with van der Waals surface area (Å²) >= 11 is 0. The molecule has 0 aliphatic carbocycles. The largest absolute Gasteiger partial charge is 0.474 e. The van der Waals surface area contributed by atoms with Crippen LogP contribution in [0.3, 0.4) is 0 Å². The zero-order valence-corrected chi connectivity index (χ0v) is 8.19. The Hall–Kier alpha value is -1.10. The van der Waals surface area contributed by atoms with Crippen LogP contribution < -0.4 is 0 Å². The Morgan fingerprint density at radius 1 is 1.36 bits per heavy atom. The maximum atomic E-state index is 11.0. The van der Waals surface area contributed by atoms with Gasteiger partial charge < -0.3 is 15.1 Å². The molecule has 0 aromatic rings. The molecule has 1 fully saturated rings. The zero-order chi connectivity index (χ0) is 10.8. The van der Waals surface area contributed by atoms with E-state index in [9.17, 15) is 14.7 Å². The maximum absolute atomic E-state index is 11.0. The molecule has 1 heterocycles. The molecule has 0 bridgehead atoms. The third kappa shape index (κ3) is 2.23. The lowest BCUT2D eigenvalue weighted by atomic mass is 9.89. The van der Waals surface area contributed by atoms with Crippen LogP contribution in [0.1, 0.15) is 26.2 Å². The van der Waals surface area contributed by atoms with Gasteiger partial charge in [-0.05, 0) is 19.3 Å². The van der Waals surface area contributed by atoms with Crippen LogP contribution in [-0.2, 0) is 9.59 Å². The van der Waals surface area contributed by atoms with Crippen molar-refractivity contribution in [3.05, 3.63) is 0 Å². The molecule has 0 radical (unpaired) electrons. The number of piperidine rings is 1. The van der Waals surface area contributed by atoms with Crippen molar-refractivity contribution in [2.75, 3.05) is 13.1 Å². The van der Waals surface area contributed by atoms with Gasteiger partial charge in [0.2, 0.25) is 0 Å². The van der Waals surface area contributed by atoms with E-state index in [1.54, 1.807) is 0 Å². The van der Waals surface area contributed by atoms with E-state index in [1.807, 2.05) is 6.92 Å². The first-order valence-corrected chi connectivity index (χ1v) is 4.73. The van der Waals surface area contributed by atoms with Crippen LogP contribution in [0, 0.1) is 0 Å². The summed E-state index contributed by atoms with van der Waals surface area (Å²) < 4.78 is 0. The number of aliphatic hydroxyl groups is 1. The molecule has 1 saturated heterocycles. The summed E-state index contributed by atoms with van der Waals surface area (Å²) in [5.41, 5.74) is -0.713. The summed E-state index contributed by atoms with van der Waals surface area (Å²) in [6.07, 6.45) is 1.56. The standard InChI is InChI=1S/C9H15NO4/c1-2-9(14)3-5-10(6-4-9)7(11)8(12)13/h14H,2-6H2,1H3,(H,12,13). The predicted molar refractivity (Wildman–Crippen MR) is 48.7 cm³/mol. The Bertz CT molecular complexity index is 243. The van der Waals surface area contributed by atoms with Crippen molar-refractivity contribution in [3.8, 4) is 0 Å². The van der Waals surface area contributed by atoms with E-state index in [0.717, 1.165) is 0 Å². The van der Waals surface area contributed by atoms with Crippen molar-refractivity contribution in [2.24, 2.45) is 0 Å².